The molecule has 1 aliphatic heterocycles. The molecule has 1 heterocycles. The second kappa shape index (κ2) is 3.92. The molecule has 0 spiro atoms. The Morgan fingerprint density at radius 3 is 3.14 bits per heavy atom. The molecule has 74 valence electrons. The van der Waals surface area contributed by atoms with Crippen molar-refractivity contribution in [2.75, 3.05) is 6.61 Å². The SMILES string of the molecule is O=C(O)Sc1ccc2c(c1)CCCO2. The van der Waals surface area contributed by atoms with Gasteiger partial charge in [-0.05, 0) is 48.4 Å². The zero-order valence-electron chi connectivity index (χ0n) is 7.53. The summed E-state index contributed by atoms with van der Waals surface area (Å²) in [6, 6.07) is 5.52. The van der Waals surface area contributed by atoms with Crippen molar-refractivity contribution in [3.63, 3.8) is 0 Å². The molecule has 14 heavy (non-hydrogen) atoms. The lowest BCUT2D eigenvalue weighted by Crippen LogP contribution is -2.08. The lowest BCUT2D eigenvalue weighted by molar-refractivity contribution is 0.222. The number of carboxylic acid groups (broad SMARTS) is 1. The third-order valence-electron chi connectivity index (χ3n) is 2.09. The second-order valence-electron chi connectivity index (χ2n) is 3.09. The van der Waals surface area contributed by atoms with E-state index >= 15 is 0 Å². The predicted molar refractivity (Wildman–Crippen MR) is 54.1 cm³/mol. The van der Waals surface area contributed by atoms with Gasteiger partial charge in [-0.15, -0.1) is 0 Å². The van der Waals surface area contributed by atoms with E-state index in [4.69, 9.17) is 9.84 Å². The highest BCUT2D eigenvalue weighted by molar-refractivity contribution is 8.13. The second-order valence-corrected chi connectivity index (χ2v) is 4.11. The van der Waals surface area contributed by atoms with E-state index in [9.17, 15) is 4.79 Å². The van der Waals surface area contributed by atoms with E-state index in [0.29, 0.717) is 0 Å². The van der Waals surface area contributed by atoms with E-state index in [1.807, 2.05) is 12.1 Å². The van der Waals surface area contributed by atoms with E-state index in [-0.39, 0.29) is 0 Å². The monoisotopic (exact) mass is 210 g/mol. The van der Waals surface area contributed by atoms with Crippen LogP contribution in [0.5, 0.6) is 5.75 Å². The van der Waals surface area contributed by atoms with E-state index in [1.54, 1.807) is 6.07 Å². The van der Waals surface area contributed by atoms with Gasteiger partial charge in [0.1, 0.15) is 5.75 Å². The molecule has 2 rings (SSSR count). The normalized spacial score (nSPS) is 14.3. The minimum absolute atomic E-state index is 0.762. The lowest BCUT2D eigenvalue weighted by atomic mass is 10.1. The first-order valence-electron chi connectivity index (χ1n) is 4.42. The molecule has 1 aliphatic rings. The van der Waals surface area contributed by atoms with Crippen LogP contribution in [0.15, 0.2) is 23.1 Å². The van der Waals surface area contributed by atoms with Crippen molar-refractivity contribution < 1.29 is 14.6 Å². The predicted octanol–water partition coefficient (Wildman–Crippen LogP) is 2.78. The minimum atomic E-state index is -0.873. The smallest absolute Gasteiger partial charge is 0.369 e. The van der Waals surface area contributed by atoms with Crippen molar-refractivity contribution in [3.05, 3.63) is 23.8 Å². The third-order valence-corrected chi connectivity index (χ3v) is 2.75. The van der Waals surface area contributed by atoms with Gasteiger partial charge in [0.15, 0.2) is 0 Å². The van der Waals surface area contributed by atoms with Gasteiger partial charge in [0, 0.05) is 4.90 Å². The topological polar surface area (TPSA) is 46.5 Å². The molecule has 1 N–H and O–H groups in total. The van der Waals surface area contributed by atoms with Gasteiger partial charge in [-0.2, -0.15) is 0 Å². The van der Waals surface area contributed by atoms with Gasteiger partial charge in [0.2, 0.25) is 0 Å². The van der Waals surface area contributed by atoms with Gasteiger partial charge in [-0.1, -0.05) is 0 Å². The number of carbonyl (C=O) groups is 1. The van der Waals surface area contributed by atoms with Crippen LogP contribution in [-0.4, -0.2) is 17.0 Å². The number of fused-ring (bicyclic) bond motifs is 1. The van der Waals surface area contributed by atoms with E-state index in [2.05, 4.69) is 0 Å². The first-order chi connectivity index (χ1) is 6.75. The van der Waals surface area contributed by atoms with Crippen molar-refractivity contribution in [2.24, 2.45) is 0 Å². The van der Waals surface area contributed by atoms with Crippen LogP contribution in [0.3, 0.4) is 0 Å². The van der Waals surface area contributed by atoms with Gasteiger partial charge in [-0.25, -0.2) is 4.79 Å². The summed E-state index contributed by atoms with van der Waals surface area (Å²) in [5, 5.41) is 7.73. The fourth-order valence-electron chi connectivity index (χ4n) is 1.50. The van der Waals surface area contributed by atoms with Crippen molar-refractivity contribution in [1.29, 1.82) is 0 Å². The molecule has 0 aliphatic carbocycles. The minimum Gasteiger partial charge on any atom is -0.493 e. The van der Waals surface area contributed by atoms with Gasteiger partial charge >= 0.3 is 5.30 Å². The average molecular weight is 210 g/mol. The molecule has 0 saturated carbocycles. The van der Waals surface area contributed by atoms with Crippen LogP contribution >= 0.6 is 11.8 Å². The fourth-order valence-corrected chi connectivity index (χ4v) is 2.04. The Kier molecular flexibility index (Phi) is 2.63. The third kappa shape index (κ3) is 2.01. The quantitative estimate of drug-likeness (QED) is 0.724. The van der Waals surface area contributed by atoms with E-state index < -0.39 is 5.30 Å². The Hall–Kier alpha value is -1.16. The Morgan fingerprint density at radius 2 is 2.36 bits per heavy atom. The number of rotatable bonds is 1. The van der Waals surface area contributed by atoms with Crippen LogP contribution < -0.4 is 4.74 Å². The summed E-state index contributed by atoms with van der Waals surface area (Å²) >= 11 is 0.832. The molecule has 0 saturated heterocycles. The zero-order chi connectivity index (χ0) is 9.97. The summed E-state index contributed by atoms with van der Waals surface area (Å²) in [4.78, 5) is 11.2. The molecule has 1 aromatic rings. The molecule has 0 unspecified atom stereocenters. The summed E-state index contributed by atoms with van der Waals surface area (Å²) in [5.41, 5.74) is 1.11. The zero-order valence-corrected chi connectivity index (χ0v) is 8.34. The highest BCUT2D eigenvalue weighted by Crippen LogP contribution is 2.29. The van der Waals surface area contributed by atoms with E-state index in [0.717, 1.165) is 47.4 Å². The first-order valence-corrected chi connectivity index (χ1v) is 5.24. The van der Waals surface area contributed by atoms with Gasteiger partial charge in [0.05, 0.1) is 6.61 Å². The molecule has 0 bridgehead atoms. The molecular formula is C10H10O3S. The van der Waals surface area contributed by atoms with Gasteiger partial charge in [0.25, 0.3) is 0 Å². The number of aryl methyl sites for hydroxylation is 1. The number of thioether (sulfide) groups is 1. The number of hydrogen-bond acceptors (Lipinski definition) is 3. The molecule has 0 aromatic heterocycles. The summed E-state index contributed by atoms with van der Waals surface area (Å²) in [7, 11) is 0. The lowest BCUT2D eigenvalue weighted by Gasteiger charge is -2.17. The van der Waals surface area contributed by atoms with Crippen LogP contribution in [0, 0.1) is 0 Å². The van der Waals surface area contributed by atoms with Crippen molar-refractivity contribution in [1.82, 2.24) is 0 Å². The van der Waals surface area contributed by atoms with Crippen LogP contribution in [0.25, 0.3) is 0 Å². The molecule has 0 fully saturated rings. The first kappa shape index (κ1) is 9.40. The summed E-state index contributed by atoms with van der Waals surface area (Å²) in [6.07, 6.45) is 1.98. The summed E-state index contributed by atoms with van der Waals surface area (Å²) < 4.78 is 5.43. The molecule has 4 heteroatoms. The molecule has 1 aromatic carbocycles. The number of benzene rings is 1. The maximum absolute atomic E-state index is 10.5. The molecular weight excluding hydrogens is 200 g/mol. The largest absolute Gasteiger partial charge is 0.493 e. The highest BCUT2D eigenvalue weighted by Gasteiger charge is 2.11. The Balaban J connectivity index is 2.24. The van der Waals surface area contributed by atoms with Crippen LogP contribution in [0.1, 0.15) is 12.0 Å². The average Bonchev–Trinajstić information content (AvgIpc) is 2.17. The molecule has 3 nitrogen and oxygen atoms in total. The molecule has 0 radical (unpaired) electrons. The highest BCUT2D eigenvalue weighted by atomic mass is 32.2. The van der Waals surface area contributed by atoms with Crippen LogP contribution in [0.2, 0.25) is 0 Å². The van der Waals surface area contributed by atoms with Gasteiger partial charge in [-0.3, -0.25) is 0 Å². The van der Waals surface area contributed by atoms with Crippen molar-refractivity contribution in [3.8, 4) is 5.75 Å². The number of ether oxygens (including phenoxy) is 1. The van der Waals surface area contributed by atoms with Crippen LogP contribution in [0.4, 0.5) is 4.79 Å². The Labute approximate surface area is 86.1 Å². The molecule has 0 amide bonds. The van der Waals surface area contributed by atoms with Crippen molar-refractivity contribution >= 4 is 17.1 Å². The fraction of sp³-hybridized carbons (Fsp3) is 0.300. The van der Waals surface area contributed by atoms with Crippen LogP contribution in [-0.2, 0) is 6.42 Å². The Bertz CT molecular complexity index is 362. The molecule has 0 atom stereocenters. The maximum atomic E-state index is 10.5. The Morgan fingerprint density at radius 1 is 1.50 bits per heavy atom. The van der Waals surface area contributed by atoms with E-state index in [1.165, 1.54) is 0 Å². The summed E-state index contributed by atoms with van der Waals surface area (Å²) in [5.74, 6) is 0.894. The summed E-state index contributed by atoms with van der Waals surface area (Å²) in [6.45, 7) is 0.762. The standard InChI is InChI=1S/C10H10O3S/c11-10(12)14-8-3-4-9-7(6-8)2-1-5-13-9/h3-4,6H,1-2,5H2,(H,11,12). The number of hydrogen-bond donors (Lipinski definition) is 1. The van der Waals surface area contributed by atoms with Gasteiger partial charge < -0.3 is 9.84 Å². The maximum Gasteiger partial charge on any atom is 0.369 e. The van der Waals surface area contributed by atoms with Crippen molar-refractivity contribution in [2.45, 2.75) is 17.7 Å².